The summed E-state index contributed by atoms with van der Waals surface area (Å²) in [6, 6.07) is 26.5. The van der Waals surface area contributed by atoms with E-state index in [2.05, 4.69) is 4.98 Å². The highest BCUT2D eigenvalue weighted by atomic mass is 16.5. The maximum atomic E-state index is 13.8. The second kappa shape index (κ2) is 10.0. The molecular weight excluding hydrogens is 444 g/mol. The van der Waals surface area contributed by atoms with Crippen molar-refractivity contribution < 1.29 is 14.2 Å². The fraction of sp³-hybridized carbons (Fsp3) is 0.214. The molecule has 0 amide bonds. The van der Waals surface area contributed by atoms with E-state index in [4.69, 9.17) is 14.2 Å². The van der Waals surface area contributed by atoms with Gasteiger partial charge in [0.15, 0.2) is 0 Å². The van der Waals surface area contributed by atoms with Gasteiger partial charge < -0.3 is 19.2 Å². The molecule has 1 aromatic heterocycles. The minimum Gasteiger partial charge on any atom is -0.497 e. The van der Waals surface area contributed by atoms with E-state index in [0.29, 0.717) is 30.0 Å². The molecule has 1 atom stereocenters. The quantitative estimate of drug-likeness (QED) is 0.424. The van der Waals surface area contributed by atoms with Crippen LogP contribution in [0.3, 0.4) is 0 Å². The van der Waals surface area contributed by atoms with E-state index in [1.165, 1.54) is 0 Å². The van der Waals surface area contributed by atoms with Crippen molar-refractivity contribution in [3.8, 4) is 22.8 Å². The number of benzene rings is 3. The number of ether oxygens (including phenoxy) is 3. The van der Waals surface area contributed by atoms with Crippen molar-refractivity contribution in [1.82, 2.24) is 9.55 Å². The SMILES string of the molecule is COc1ccc(-c2[nH]c(=O)n(C3CCCO3)c(=O)c2OC(c2ccccc2)c2ccccc2)cc1. The van der Waals surface area contributed by atoms with Gasteiger partial charge in [0.05, 0.1) is 12.8 Å². The maximum Gasteiger partial charge on any atom is 0.331 e. The van der Waals surface area contributed by atoms with Crippen LogP contribution in [0.25, 0.3) is 11.3 Å². The summed E-state index contributed by atoms with van der Waals surface area (Å²) in [7, 11) is 1.58. The Morgan fingerprint density at radius 2 is 1.54 bits per heavy atom. The first kappa shape index (κ1) is 22.7. The summed E-state index contributed by atoms with van der Waals surface area (Å²) in [6.45, 7) is 0.504. The van der Waals surface area contributed by atoms with Crippen LogP contribution < -0.4 is 20.7 Å². The van der Waals surface area contributed by atoms with Crippen LogP contribution in [0.2, 0.25) is 0 Å². The van der Waals surface area contributed by atoms with Crippen LogP contribution in [-0.2, 0) is 4.74 Å². The number of hydrogen-bond donors (Lipinski definition) is 1. The van der Waals surface area contributed by atoms with Gasteiger partial charge in [-0.2, -0.15) is 0 Å². The molecule has 2 heterocycles. The molecule has 4 aromatic rings. The van der Waals surface area contributed by atoms with Crippen LogP contribution in [0.4, 0.5) is 0 Å². The van der Waals surface area contributed by atoms with Gasteiger partial charge in [-0.15, -0.1) is 0 Å². The zero-order valence-electron chi connectivity index (χ0n) is 19.3. The Labute approximate surface area is 202 Å². The average Bonchev–Trinajstić information content (AvgIpc) is 3.43. The molecule has 1 N–H and O–H groups in total. The minimum absolute atomic E-state index is 0.0583. The molecule has 3 aromatic carbocycles. The molecule has 1 aliphatic rings. The molecule has 1 fully saturated rings. The zero-order chi connectivity index (χ0) is 24.2. The topological polar surface area (TPSA) is 82.5 Å². The Balaban J connectivity index is 1.69. The largest absolute Gasteiger partial charge is 0.497 e. The van der Waals surface area contributed by atoms with E-state index >= 15 is 0 Å². The number of hydrogen-bond acceptors (Lipinski definition) is 5. The highest BCUT2D eigenvalue weighted by Gasteiger charge is 2.28. The van der Waals surface area contributed by atoms with E-state index in [-0.39, 0.29) is 5.75 Å². The van der Waals surface area contributed by atoms with Gasteiger partial charge in [0.1, 0.15) is 18.1 Å². The zero-order valence-corrected chi connectivity index (χ0v) is 19.3. The predicted octanol–water partition coefficient (Wildman–Crippen LogP) is 4.69. The van der Waals surface area contributed by atoms with Crippen LogP contribution in [0.5, 0.6) is 11.5 Å². The van der Waals surface area contributed by atoms with Gasteiger partial charge in [-0.3, -0.25) is 4.79 Å². The lowest BCUT2D eigenvalue weighted by atomic mass is 10.0. The van der Waals surface area contributed by atoms with Crippen molar-refractivity contribution in [2.24, 2.45) is 0 Å². The lowest BCUT2D eigenvalue weighted by molar-refractivity contribution is 0.0489. The van der Waals surface area contributed by atoms with Crippen LogP contribution in [0.1, 0.15) is 36.3 Å². The molecule has 5 rings (SSSR count). The van der Waals surface area contributed by atoms with E-state index in [1.54, 1.807) is 31.4 Å². The molecule has 0 aliphatic carbocycles. The summed E-state index contributed by atoms with van der Waals surface area (Å²) in [5.41, 5.74) is 1.66. The van der Waals surface area contributed by atoms with Crippen molar-refractivity contribution in [3.63, 3.8) is 0 Å². The molecule has 0 saturated carbocycles. The highest BCUT2D eigenvalue weighted by Crippen LogP contribution is 2.33. The number of nitrogens with zero attached hydrogens (tertiary/aromatic N) is 1. The van der Waals surface area contributed by atoms with Crippen LogP contribution >= 0.6 is 0 Å². The Hall–Kier alpha value is -4.10. The van der Waals surface area contributed by atoms with E-state index in [0.717, 1.165) is 22.1 Å². The summed E-state index contributed by atoms with van der Waals surface area (Å²) in [5, 5.41) is 0. The van der Waals surface area contributed by atoms with E-state index < -0.39 is 23.6 Å². The average molecular weight is 471 g/mol. The van der Waals surface area contributed by atoms with Gasteiger partial charge in [-0.05, 0) is 48.2 Å². The Morgan fingerprint density at radius 1 is 0.914 bits per heavy atom. The van der Waals surface area contributed by atoms with Gasteiger partial charge in [-0.1, -0.05) is 60.7 Å². The first-order chi connectivity index (χ1) is 17.2. The molecule has 178 valence electrons. The summed E-state index contributed by atoms with van der Waals surface area (Å²) >= 11 is 0. The smallest absolute Gasteiger partial charge is 0.331 e. The van der Waals surface area contributed by atoms with Gasteiger partial charge in [-0.25, -0.2) is 9.36 Å². The molecule has 0 spiro atoms. The van der Waals surface area contributed by atoms with Crippen molar-refractivity contribution >= 4 is 0 Å². The number of nitrogens with one attached hydrogen (secondary N) is 1. The predicted molar refractivity (Wildman–Crippen MR) is 133 cm³/mol. The minimum atomic E-state index is -0.620. The summed E-state index contributed by atoms with van der Waals surface area (Å²) in [4.78, 5) is 29.8. The Kier molecular flexibility index (Phi) is 6.50. The lowest BCUT2D eigenvalue weighted by Gasteiger charge is -2.23. The Morgan fingerprint density at radius 3 is 2.09 bits per heavy atom. The Bertz CT molecular complexity index is 1350. The number of rotatable bonds is 7. The van der Waals surface area contributed by atoms with Gasteiger partial charge in [0.2, 0.25) is 5.75 Å². The molecular formula is C28H26N2O5. The summed E-state index contributed by atoms with van der Waals surface area (Å²) < 4.78 is 18.6. The number of aromatic nitrogens is 2. The number of aromatic amines is 1. The molecule has 35 heavy (non-hydrogen) atoms. The fourth-order valence-corrected chi connectivity index (χ4v) is 4.33. The lowest BCUT2D eigenvalue weighted by Crippen LogP contribution is -2.39. The van der Waals surface area contributed by atoms with Gasteiger partial charge in [0.25, 0.3) is 0 Å². The fourth-order valence-electron chi connectivity index (χ4n) is 4.33. The van der Waals surface area contributed by atoms with Crippen molar-refractivity contribution in [3.05, 3.63) is 117 Å². The molecule has 1 aliphatic heterocycles. The molecule has 7 heteroatoms. The van der Waals surface area contributed by atoms with Gasteiger partial charge in [0, 0.05) is 12.2 Å². The van der Waals surface area contributed by atoms with Crippen LogP contribution in [0, 0.1) is 0 Å². The van der Waals surface area contributed by atoms with E-state index in [9.17, 15) is 9.59 Å². The highest BCUT2D eigenvalue weighted by molar-refractivity contribution is 5.66. The third-order valence-electron chi connectivity index (χ3n) is 6.10. The molecule has 1 unspecified atom stereocenters. The first-order valence-electron chi connectivity index (χ1n) is 11.6. The number of methoxy groups -OCH3 is 1. The maximum absolute atomic E-state index is 13.8. The second-order valence-corrected chi connectivity index (χ2v) is 8.32. The van der Waals surface area contributed by atoms with Crippen LogP contribution in [-0.4, -0.2) is 23.3 Å². The molecule has 1 saturated heterocycles. The third kappa shape index (κ3) is 4.63. The molecule has 0 bridgehead atoms. The van der Waals surface area contributed by atoms with Crippen molar-refractivity contribution in [2.45, 2.75) is 25.2 Å². The third-order valence-corrected chi connectivity index (χ3v) is 6.10. The number of H-pyrrole nitrogens is 1. The normalized spacial score (nSPS) is 15.3. The monoisotopic (exact) mass is 470 g/mol. The summed E-state index contributed by atoms with van der Waals surface area (Å²) in [5.74, 6) is 0.723. The standard InChI is InChI=1S/C28H26N2O5/c1-33-22-16-14-19(15-17-22)24-26(27(31)30(28(32)29-24)23-13-8-18-34-23)35-25(20-9-4-2-5-10-20)21-11-6-3-7-12-21/h2-7,9-12,14-17,23,25H,8,13,18H2,1H3,(H,29,32). The second-order valence-electron chi connectivity index (χ2n) is 8.32. The van der Waals surface area contributed by atoms with Crippen molar-refractivity contribution in [1.29, 1.82) is 0 Å². The molecule has 0 radical (unpaired) electrons. The van der Waals surface area contributed by atoms with Gasteiger partial charge >= 0.3 is 11.2 Å². The van der Waals surface area contributed by atoms with Crippen molar-refractivity contribution in [2.75, 3.05) is 13.7 Å². The van der Waals surface area contributed by atoms with E-state index in [1.807, 2.05) is 60.7 Å². The molecule has 7 nitrogen and oxygen atoms in total. The summed E-state index contributed by atoms with van der Waals surface area (Å²) in [6.07, 6.45) is 0.186. The first-order valence-corrected chi connectivity index (χ1v) is 11.6. The van der Waals surface area contributed by atoms with Crippen LogP contribution in [0.15, 0.2) is 94.5 Å².